The van der Waals surface area contributed by atoms with Gasteiger partial charge in [0.25, 0.3) is 11.4 Å². The van der Waals surface area contributed by atoms with Crippen LogP contribution < -0.4 is 12.3 Å². The molecule has 0 aromatic carbocycles. The molecular formula is C22H54N2O6S. The largest absolute Gasteiger partial charge is 0.394 e. The first kappa shape index (κ1) is 38.1. The molecule has 194 valence electrons. The standard InChI is InChI=1S/C22H46O3.2H3N.H2O3S/c1-4-5-6-7-8-9-10-11-12-13-14-15-16-17-18-21(22(2,3)24)25-20-19-23;;;1-4(2)3/h21,23-24H,4-20H2,1-3H3;2*1H3;(H2,1,2,3). The number of hydrogen-bond acceptors (Lipinski definition) is 6. The number of aliphatic hydroxyl groups is 2. The van der Waals surface area contributed by atoms with Crippen molar-refractivity contribution in [3.05, 3.63) is 0 Å². The fraction of sp³-hybridized carbons (Fsp3) is 1.00. The molecular weight excluding hydrogens is 420 g/mol. The molecule has 0 bridgehead atoms. The summed E-state index contributed by atoms with van der Waals surface area (Å²) >= 11 is -2.61. The van der Waals surface area contributed by atoms with Crippen LogP contribution in [-0.4, -0.2) is 48.4 Å². The molecule has 0 saturated carbocycles. The summed E-state index contributed by atoms with van der Waals surface area (Å²) in [6, 6.07) is 0. The van der Waals surface area contributed by atoms with Gasteiger partial charge in [-0.3, -0.25) is 9.11 Å². The molecule has 0 amide bonds. The smallest absolute Gasteiger partial charge is 0.299 e. The van der Waals surface area contributed by atoms with E-state index in [1.165, 1.54) is 83.5 Å². The molecule has 0 saturated heterocycles. The second kappa shape index (κ2) is 27.9. The van der Waals surface area contributed by atoms with E-state index < -0.39 is 17.0 Å². The van der Waals surface area contributed by atoms with Crippen molar-refractivity contribution in [3.8, 4) is 0 Å². The topological polar surface area (TPSA) is 177 Å². The van der Waals surface area contributed by atoms with Crippen LogP contribution in [-0.2, 0) is 16.1 Å². The summed E-state index contributed by atoms with van der Waals surface area (Å²) in [7, 11) is 0. The Bertz CT molecular complexity index is 353. The van der Waals surface area contributed by atoms with Crippen LogP contribution in [0, 0.1) is 0 Å². The van der Waals surface area contributed by atoms with Crippen molar-refractivity contribution in [3.63, 3.8) is 0 Å². The highest BCUT2D eigenvalue weighted by Gasteiger charge is 2.26. The summed E-state index contributed by atoms with van der Waals surface area (Å²) in [5, 5.41) is 19.0. The van der Waals surface area contributed by atoms with E-state index in [2.05, 4.69) is 6.92 Å². The lowest BCUT2D eigenvalue weighted by atomic mass is 9.95. The van der Waals surface area contributed by atoms with Crippen molar-refractivity contribution >= 4 is 11.4 Å². The normalized spacial score (nSPS) is 11.9. The Morgan fingerprint density at radius 1 is 0.774 bits per heavy atom. The molecule has 8 nitrogen and oxygen atoms in total. The maximum atomic E-state index is 10.1. The van der Waals surface area contributed by atoms with Gasteiger partial charge >= 0.3 is 0 Å². The van der Waals surface area contributed by atoms with Crippen LogP contribution in [0.5, 0.6) is 0 Å². The molecule has 0 spiro atoms. The van der Waals surface area contributed by atoms with E-state index in [0.717, 1.165) is 12.8 Å². The van der Waals surface area contributed by atoms with E-state index in [9.17, 15) is 5.11 Å². The monoisotopic (exact) mass is 474 g/mol. The highest BCUT2D eigenvalue weighted by atomic mass is 32.2. The maximum absolute atomic E-state index is 10.1. The number of hydrogen-bond donors (Lipinski definition) is 6. The number of aliphatic hydroxyl groups excluding tert-OH is 1. The van der Waals surface area contributed by atoms with E-state index in [0.29, 0.717) is 6.61 Å². The molecule has 0 aliphatic carbocycles. The highest BCUT2D eigenvalue weighted by Crippen LogP contribution is 2.20. The molecule has 0 rings (SSSR count). The fourth-order valence-electron chi connectivity index (χ4n) is 3.36. The molecule has 1 atom stereocenters. The van der Waals surface area contributed by atoms with Crippen LogP contribution in [0.4, 0.5) is 0 Å². The maximum Gasteiger partial charge on any atom is 0.299 e. The predicted octanol–water partition coefficient (Wildman–Crippen LogP) is 6.01. The fourth-order valence-corrected chi connectivity index (χ4v) is 3.36. The van der Waals surface area contributed by atoms with Crippen LogP contribution in [0.1, 0.15) is 117 Å². The first-order valence-corrected chi connectivity index (χ1v) is 12.6. The van der Waals surface area contributed by atoms with Gasteiger partial charge in [0.05, 0.1) is 24.9 Å². The zero-order valence-electron chi connectivity index (χ0n) is 20.5. The second-order valence-corrected chi connectivity index (χ2v) is 8.81. The third kappa shape index (κ3) is 34.7. The summed E-state index contributed by atoms with van der Waals surface area (Å²) in [6.45, 7) is 6.19. The van der Waals surface area contributed by atoms with Crippen molar-refractivity contribution in [1.29, 1.82) is 0 Å². The Hall–Kier alpha value is -0.130. The molecule has 0 aromatic rings. The Kier molecular flexibility index (Phi) is 34.3. The van der Waals surface area contributed by atoms with Crippen LogP contribution >= 0.6 is 0 Å². The van der Waals surface area contributed by atoms with Crippen LogP contribution in [0.25, 0.3) is 0 Å². The summed E-state index contributed by atoms with van der Waals surface area (Å²) in [5.41, 5.74) is -0.828. The molecule has 0 aliphatic heterocycles. The lowest BCUT2D eigenvalue weighted by molar-refractivity contribution is -0.0981. The van der Waals surface area contributed by atoms with E-state index in [1.807, 2.05) is 0 Å². The van der Waals surface area contributed by atoms with Crippen molar-refractivity contribution in [2.24, 2.45) is 0 Å². The quantitative estimate of drug-likeness (QED) is 0.0972. The molecule has 0 aliphatic rings. The first-order valence-electron chi connectivity index (χ1n) is 11.5. The van der Waals surface area contributed by atoms with Gasteiger partial charge in [-0.15, -0.1) is 0 Å². The van der Waals surface area contributed by atoms with Gasteiger partial charge in [0.2, 0.25) is 0 Å². The van der Waals surface area contributed by atoms with Gasteiger partial charge in [-0.25, -0.2) is 0 Å². The molecule has 1 unspecified atom stereocenters. The van der Waals surface area contributed by atoms with Crippen LogP contribution in [0.15, 0.2) is 0 Å². The van der Waals surface area contributed by atoms with Gasteiger partial charge in [0, 0.05) is 0 Å². The molecule has 31 heavy (non-hydrogen) atoms. The minimum atomic E-state index is -2.61. The Balaban J connectivity index is -0.000000555. The SMILES string of the molecule is CCCCCCCCCCCCCCCCC(OCCO)C(C)(C)O.N.N.O=S(O)O. The summed E-state index contributed by atoms with van der Waals surface area (Å²) in [5.74, 6) is 0. The third-order valence-corrected chi connectivity index (χ3v) is 5.02. The molecule has 0 aromatic heterocycles. The van der Waals surface area contributed by atoms with Crippen LogP contribution in [0.3, 0.4) is 0 Å². The lowest BCUT2D eigenvalue weighted by Gasteiger charge is -2.29. The average Bonchev–Trinajstić information content (AvgIpc) is 2.63. The number of rotatable bonds is 19. The third-order valence-electron chi connectivity index (χ3n) is 5.02. The first-order chi connectivity index (χ1) is 13.8. The van der Waals surface area contributed by atoms with Gasteiger partial charge in [0.15, 0.2) is 0 Å². The summed E-state index contributed by atoms with van der Waals surface area (Å²) in [4.78, 5) is 0. The Morgan fingerprint density at radius 3 is 1.39 bits per heavy atom. The van der Waals surface area contributed by atoms with E-state index in [1.54, 1.807) is 13.8 Å². The Morgan fingerprint density at radius 2 is 1.10 bits per heavy atom. The molecule has 9 heteroatoms. The van der Waals surface area contributed by atoms with Crippen molar-refractivity contribution in [2.45, 2.75) is 129 Å². The van der Waals surface area contributed by atoms with Gasteiger partial charge in [-0.2, -0.15) is 4.21 Å². The molecule has 0 radical (unpaired) electrons. The van der Waals surface area contributed by atoms with Gasteiger partial charge in [-0.05, 0) is 20.3 Å². The second-order valence-electron chi connectivity index (χ2n) is 8.35. The molecule has 10 N–H and O–H groups in total. The van der Waals surface area contributed by atoms with Crippen molar-refractivity contribution in [1.82, 2.24) is 12.3 Å². The predicted molar refractivity (Wildman–Crippen MR) is 131 cm³/mol. The summed E-state index contributed by atoms with van der Waals surface area (Å²) in [6.07, 6.45) is 19.7. The van der Waals surface area contributed by atoms with E-state index in [4.69, 9.17) is 23.2 Å². The minimum absolute atomic E-state index is 0. The van der Waals surface area contributed by atoms with Crippen LogP contribution in [0.2, 0.25) is 0 Å². The molecule has 0 fully saturated rings. The number of unbranched alkanes of at least 4 members (excludes halogenated alkanes) is 13. The van der Waals surface area contributed by atoms with Gasteiger partial charge in [0.1, 0.15) is 0 Å². The zero-order valence-corrected chi connectivity index (χ0v) is 21.3. The number of ether oxygens (including phenoxy) is 1. The van der Waals surface area contributed by atoms with Gasteiger partial charge in [-0.1, -0.05) is 96.8 Å². The lowest BCUT2D eigenvalue weighted by Crippen LogP contribution is -2.38. The zero-order chi connectivity index (χ0) is 22.4. The Labute approximate surface area is 194 Å². The van der Waals surface area contributed by atoms with E-state index in [-0.39, 0.29) is 25.0 Å². The van der Waals surface area contributed by atoms with Crippen molar-refractivity contribution in [2.75, 3.05) is 13.2 Å². The van der Waals surface area contributed by atoms with Crippen molar-refractivity contribution < 1.29 is 28.3 Å². The molecule has 0 heterocycles. The summed E-state index contributed by atoms with van der Waals surface area (Å²) < 4.78 is 28.4. The average molecular weight is 475 g/mol. The van der Waals surface area contributed by atoms with E-state index >= 15 is 0 Å². The minimum Gasteiger partial charge on any atom is -0.394 e. The van der Waals surface area contributed by atoms with Gasteiger partial charge < -0.3 is 27.3 Å². The highest BCUT2D eigenvalue weighted by molar-refractivity contribution is 7.73.